The average Bonchev–Trinajstić information content (AvgIpc) is 2.51. The highest BCUT2D eigenvalue weighted by Gasteiger charge is 2.24. The number of hydrogen-bond acceptors (Lipinski definition) is 3. The predicted octanol–water partition coefficient (Wildman–Crippen LogP) is 0.771. The van der Waals surface area contributed by atoms with Gasteiger partial charge in [-0.25, -0.2) is 4.79 Å². The Morgan fingerprint density at radius 2 is 1.92 bits per heavy atom. The number of hydrogen-bond donors (Lipinski definition) is 1. The smallest absolute Gasteiger partial charge is 0.335 e. The summed E-state index contributed by atoms with van der Waals surface area (Å²) in [6.45, 7) is 1.31. The van der Waals surface area contributed by atoms with Crippen molar-refractivity contribution in [2.24, 2.45) is 5.92 Å². The number of carbonyl (C=O) groups is 2. The third kappa shape index (κ3) is 2.53. The fraction of sp³-hybridized carbons (Fsp3) is 0.750. The van der Waals surface area contributed by atoms with Gasteiger partial charge in [0.2, 0.25) is 5.91 Å². The van der Waals surface area contributed by atoms with E-state index in [1.807, 2.05) is 5.48 Å². The zero-order chi connectivity index (χ0) is 8.97. The quantitative estimate of drug-likeness (QED) is 0.593. The largest absolute Gasteiger partial charge is 0.341 e. The van der Waals surface area contributed by atoms with Gasteiger partial charge < -0.3 is 4.84 Å². The van der Waals surface area contributed by atoms with Gasteiger partial charge in [-0.3, -0.25) is 4.79 Å². The lowest BCUT2D eigenvalue weighted by molar-refractivity contribution is -0.161. The first-order valence-electron chi connectivity index (χ1n) is 4.17. The summed E-state index contributed by atoms with van der Waals surface area (Å²) in [4.78, 5) is 26.0. The molecule has 12 heavy (non-hydrogen) atoms. The van der Waals surface area contributed by atoms with Crippen LogP contribution in [-0.4, -0.2) is 11.9 Å². The minimum Gasteiger partial charge on any atom is -0.341 e. The van der Waals surface area contributed by atoms with E-state index in [4.69, 9.17) is 0 Å². The molecule has 4 heteroatoms. The van der Waals surface area contributed by atoms with Crippen molar-refractivity contribution in [2.45, 2.75) is 32.6 Å². The normalized spacial score (nSPS) is 17.4. The van der Waals surface area contributed by atoms with Crippen LogP contribution < -0.4 is 5.48 Å². The monoisotopic (exact) mass is 171 g/mol. The first kappa shape index (κ1) is 9.03. The Hall–Kier alpha value is -1.06. The molecule has 0 unspecified atom stereocenters. The van der Waals surface area contributed by atoms with Crippen LogP contribution in [0.2, 0.25) is 0 Å². The summed E-state index contributed by atoms with van der Waals surface area (Å²) >= 11 is 0. The van der Waals surface area contributed by atoms with Crippen LogP contribution in [0, 0.1) is 5.92 Å². The zero-order valence-electron chi connectivity index (χ0n) is 7.13. The molecule has 1 amide bonds. The van der Waals surface area contributed by atoms with Gasteiger partial charge >= 0.3 is 5.97 Å². The van der Waals surface area contributed by atoms with Gasteiger partial charge in [-0.1, -0.05) is 12.8 Å². The van der Waals surface area contributed by atoms with Gasteiger partial charge in [0.25, 0.3) is 0 Å². The molecule has 1 N–H and O–H groups in total. The topological polar surface area (TPSA) is 55.4 Å². The number of amides is 1. The van der Waals surface area contributed by atoms with E-state index in [1.54, 1.807) is 0 Å². The highest BCUT2D eigenvalue weighted by molar-refractivity contribution is 5.77. The summed E-state index contributed by atoms with van der Waals surface area (Å²) in [6, 6.07) is 0. The van der Waals surface area contributed by atoms with Crippen molar-refractivity contribution in [1.82, 2.24) is 5.48 Å². The molecule has 1 saturated carbocycles. The molecular weight excluding hydrogens is 158 g/mol. The summed E-state index contributed by atoms with van der Waals surface area (Å²) in [6.07, 6.45) is 3.94. The Morgan fingerprint density at radius 1 is 1.33 bits per heavy atom. The molecule has 0 aromatic carbocycles. The number of hydroxylamine groups is 1. The van der Waals surface area contributed by atoms with Crippen LogP contribution in [0.1, 0.15) is 32.6 Å². The Balaban J connectivity index is 2.23. The standard InChI is InChI=1S/C8H13NO3/c1-6(10)9-12-8(11)7-4-2-3-5-7/h7H,2-5H2,1H3,(H,9,10). The van der Waals surface area contributed by atoms with E-state index in [-0.39, 0.29) is 17.8 Å². The highest BCUT2D eigenvalue weighted by Crippen LogP contribution is 2.25. The van der Waals surface area contributed by atoms with Gasteiger partial charge in [-0.15, -0.1) is 0 Å². The van der Waals surface area contributed by atoms with E-state index >= 15 is 0 Å². The Labute approximate surface area is 71.2 Å². The van der Waals surface area contributed by atoms with Gasteiger partial charge in [-0.05, 0) is 12.8 Å². The Morgan fingerprint density at radius 3 is 2.42 bits per heavy atom. The molecule has 0 heterocycles. The average molecular weight is 171 g/mol. The van der Waals surface area contributed by atoms with Gasteiger partial charge in [0.1, 0.15) is 0 Å². The highest BCUT2D eigenvalue weighted by atomic mass is 16.7. The maximum absolute atomic E-state index is 11.1. The first-order valence-corrected chi connectivity index (χ1v) is 4.17. The van der Waals surface area contributed by atoms with Crippen molar-refractivity contribution in [1.29, 1.82) is 0 Å². The summed E-state index contributed by atoms with van der Waals surface area (Å²) in [5, 5.41) is 0. The minimum atomic E-state index is -0.346. The molecule has 1 aliphatic rings. The fourth-order valence-corrected chi connectivity index (χ4v) is 1.37. The van der Waals surface area contributed by atoms with Gasteiger partial charge in [0.15, 0.2) is 0 Å². The molecule has 0 atom stereocenters. The molecule has 1 rings (SSSR count). The third-order valence-corrected chi connectivity index (χ3v) is 1.98. The van der Waals surface area contributed by atoms with Crippen molar-refractivity contribution in [3.05, 3.63) is 0 Å². The van der Waals surface area contributed by atoms with Crippen LogP contribution in [0.4, 0.5) is 0 Å². The van der Waals surface area contributed by atoms with E-state index in [0.29, 0.717) is 0 Å². The van der Waals surface area contributed by atoms with Crippen molar-refractivity contribution < 1.29 is 14.4 Å². The molecule has 0 bridgehead atoms. The second-order valence-corrected chi connectivity index (χ2v) is 3.06. The molecule has 0 aromatic rings. The SMILES string of the molecule is CC(=O)NOC(=O)C1CCCC1. The Bertz CT molecular complexity index is 185. The molecule has 0 spiro atoms. The van der Waals surface area contributed by atoms with Crippen molar-refractivity contribution in [3.8, 4) is 0 Å². The lowest BCUT2D eigenvalue weighted by Gasteiger charge is -2.07. The summed E-state index contributed by atoms with van der Waals surface area (Å²) in [5.74, 6) is -0.652. The molecule has 0 aliphatic heterocycles. The maximum atomic E-state index is 11.1. The second kappa shape index (κ2) is 4.09. The summed E-state index contributed by atoms with van der Waals surface area (Å²) in [5.41, 5.74) is 2.03. The molecule has 68 valence electrons. The zero-order valence-corrected chi connectivity index (χ0v) is 7.13. The van der Waals surface area contributed by atoms with Gasteiger partial charge in [0, 0.05) is 6.92 Å². The van der Waals surface area contributed by atoms with E-state index in [0.717, 1.165) is 25.7 Å². The molecule has 1 aliphatic carbocycles. The van der Waals surface area contributed by atoms with E-state index in [2.05, 4.69) is 4.84 Å². The van der Waals surface area contributed by atoms with Crippen LogP contribution in [0.15, 0.2) is 0 Å². The van der Waals surface area contributed by atoms with Crippen LogP contribution >= 0.6 is 0 Å². The fourth-order valence-electron chi connectivity index (χ4n) is 1.37. The number of carbonyl (C=O) groups excluding carboxylic acids is 2. The van der Waals surface area contributed by atoms with E-state index in [9.17, 15) is 9.59 Å². The van der Waals surface area contributed by atoms with Crippen LogP contribution in [0.3, 0.4) is 0 Å². The first-order chi connectivity index (χ1) is 5.70. The van der Waals surface area contributed by atoms with Crippen LogP contribution in [-0.2, 0) is 14.4 Å². The van der Waals surface area contributed by atoms with Crippen molar-refractivity contribution >= 4 is 11.9 Å². The number of rotatable bonds is 1. The Kier molecular flexibility index (Phi) is 3.08. The van der Waals surface area contributed by atoms with Crippen molar-refractivity contribution in [3.63, 3.8) is 0 Å². The lowest BCUT2D eigenvalue weighted by Crippen LogP contribution is -2.27. The van der Waals surface area contributed by atoms with Gasteiger partial charge in [-0.2, -0.15) is 5.48 Å². The van der Waals surface area contributed by atoms with Gasteiger partial charge in [0.05, 0.1) is 5.92 Å². The number of nitrogens with one attached hydrogen (secondary N) is 1. The molecule has 0 saturated heterocycles. The summed E-state index contributed by atoms with van der Waals surface area (Å²) < 4.78 is 0. The second-order valence-electron chi connectivity index (χ2n) is 3.06. The molecular formula is C8H13NO3. The minimum absolute atomic E-state index is 0.00292. The van der Waals surface area contributed by atoms with Crippen LogP contribution in [0.25, 0.3) is 0 Å². The maximum Gasteiger partial charge on any atom is 0.335 e. The van der Waals surface area contributed by atoms with Crippen molar-refractivity contribution in [2.75, 3.05) is 0 Å². The lowest BCUT2D eigenvalue weighted by atomic mass is 10.1. The third-order valence-electron chi connectivity index (χ3n) is 1.98. The van der Waals surface area contributed by atoms with E-state index in [1.165, 1.54) is 6.92 Å². The van der Waals surface area contributed by atoms with E-state index < -0.39 is 0 Å². The summed E-state index contributed by atoms with van der Waals surface area (Å²) in [7, 11) is 0. The molecule has 1 fully saturated rings. The molecule has 0 aromatic heterocycles. The predicted molar refractivity (Wildman–Crippen MR) is 41.9 cm³/mol. The van der Waals surface area contributed by atoms with Crippen LogP contribution in [0.5, 0.6) is 0 Å². The molecule has 0 radical (unpaired) electrons. The molecule has 4 nitrogen and oxygen atoms in total.